The maximum atomic E-state index is 12.6. The maximum absolute atomic E-state index is 12.6. The number of hydrogen-bond acceptors (Lipinski definition) is 2. The van der Waals surface area contributed by atoms with Crippen molar-refractivity contribution in [3.63, 3.8) is 0 Å². The Hall–Kier alpha value is -1.06. The van der Waals surface area contributed by atoms with E-state index in [0.717, 1.165) is 31.6 Å². The van der Waals surface area contributed by atoms with Gasteiger partial charge in [0.1, 0.15) is 0 Å². The van der Waals surface area contributed by atoms with Gasteiger partial charge in [-0.15, -0.1) is 12.4 Å². The fourth-order valence-electron chi connectivity index (χ4n) is 3.99. The third kappa shape index (κ3) is 4.48. The van der Waals surface area contributed by atoms with E-state index < -0.39 is 0 Å². The van der Waals surface area contributed by atoms with Crippen LogP contribution in [0.2, 0.25) is 0 Å². The average Bonchev–Trinajstić information content (AvgIpc) is 3.04. The van der Waals surface area contributed by atoms with Gasteiger partial charge < -0.3 is 10.2 Å². The lowest BCUT2D eigenvalue weighted by Gasteiger charge is -2.22. The second kappa shape index (κ2) is 8.70. The predicted molar refractivity (Wildman–Crippen MR) is 97.5 cm³/mol. The van der Waals surface area contributed by atoms with Gasteiger partial charge in [-0.1, -0.05) is 31.4 Å². The molecule has 1 N–H and O–H groups in total. The second-order valence-electron chi connectivity index (χ2n) is 6.92. The van der Waals surface area contributed by atoms with Gasteiger partial charge in [-0.2, -0.15) is 0 Å². The van der Waals surface area contributed by atoms with E-state index in [-0.39, 0.29) is 18.3 Å². The van der Waals surface area contributed by atoms with Gasteiger partial charge in [0.15, 0.2) is 0 Å². The van der Waals surface area contributed by atoms with Crippen molar-refractivity contribution in [3.8, 4) is 0 Å². The molecule has 1 aliphatic heterocycles. The number of amides is 1. The van der Waals surface area contributed by atoms with Gasteiger partial charge in [-0.25, -0.2) is 0 Å². The van der Waals surface area contributed by atoms with E-state index in [4.69, 9.17) is 0 Å². The highest BCUT2D eigenvalue weighted by Gasteiger charge is 2.26. The Bertz CT molecular complexity index is 497. The minimum Gasteiger partial charge on any atom is -0.338 e. The van der Waals surface area contributed by atoms with Gasteiger partial charge in [0.05, 0.1) is 0 Å². The average molecular weight is 337 g/mol. The summed E-state index contributed by atoms with van der Waals surface area (Å²) in [5.74, 6) is 1.52. The van der Waals surface area contributed by atoms with Crippen LogP contribution < -0.4 is 5.32 Å². The van der Waals surface area contributed by atoms with Crippen molar-refractivity contribution >= 4 is 18.3 Å². The van der Waals surface area contributed by atoms with Crippen molar-refractivity contribution in [2.24, 2.45) is 5.92 Å². The van der Waals surface area contributed by atoms with E-state index in [1.54, 1.807) is 0 Å². The summed E-state index contributed by atoms with van der Waals surface area (Å²) in [7, 11) is 1.98. The first-order valence-corrected chi connectivity index (χ1v) is 8.82. The van der Waals surface area contributed by atoms with Crippen LogP contribution in [-0.4, -0.2) is 37.5 Å². The van der Waals surface area contributed by atoms with E-state index in [1.807, 2.05) is 24.1 Å². The topological polar surface area (TPSA) is 32.3 Å². The van der Waals surface area contributed by atoms with Crippen molar-refractivity contribution in [2.75, 3.05) is 26.7 Å². The number of carbonyl (C=O) groups is 1. The molecule has 1 atom stereocenters. The Kier molecular flexibility index (Phi) is 6.91. The SMILES string of the molecule is CNCC1CCN(C(=O)c2ccc(C3CCCCC3)cc2)C1.Cl. The van der Waals surface area contributed by atoms with Crippen molar-refractivity contribution in [2.45, 2.75) is 44.4 Å². The number of rotatable bonds is 4. The van der Waals surface area contributed by atoms with E-state index in [0.29, 0.717) is 11.8 Å². The molecule has 1 amide bonds. The highest BCUT2D eigenvalue weighted by atomic mass is 35.5. The molecule has 1 aliphatic carbocycles. The number of nitrogens with one attached hydrogen (secondary N) is 1. The van der Waals surface area contributed by atoms with Crippen molar-refractivity contribution in [1.82, 2.24) is 10.2 Å². The highest BCUT2D eigenvalue weighted by molar-refractivity contribution is 5.94. The van der Waals surface area contributed by atoms with Gasteiger partial charge in [0, 0.05) is 18.7 Å². The quantitative estimate of drug-likeness (QED) is 0.906. The zero-order chi connectivity index (χ0) is 15.4. The molecule has 0 bridgehead atoms. The van der Waals surface area contributed by atoms with Crippen LogP contribution in [0.4, 0.5) is 0 Å². The lowest BCUT2D eigenvalue weighted by molar-refractivity contribution is 0.0787. The molecule has 1 aromatic carbocycles. The van der Waals surface area contributed by atoms with E-state index in [1.165, 1.54) is 37.7 Å². The number of carbonyl (C=O) groups excluding carboxylic acids is 1. The Morgan fingerprint density at radius 1 is 1.13 bits per heavy atom. The van der Waals surface area contributed by atoms with Gasteiger partial charge in [0.2, 0.25) is 0 Å². The lowest BCUT2D eigenvalue weighted by Crippen LogP contribution is -2.30. The molecule has 3 nitrogen and oxygen atoms in total. The first-order valence-electron chi connectivity index (χ1n) is 8.82. The second-order valence-corrected chi connectivity index (χ2v) is 6.92. The van der Waals surface area contributed by atoms with Crippen molar-refractivity contribution in [1.29, 1.82) is 0 Å². The molecule has 1 unspecified atom stereocenters. The molecule has 128 valence electrons. The molecule has 1 saturated heterocycles. The molecule has 2 aliphatic rings. The fraction of sp³-hybridized carbons (Fsp3) is 0.632. The van der Waals surface area contributed by atoms with Crippen LogP contribution in [0.25, 0.3) is 0 Å². The molecule has 0 aromatic heterocycles. The van der Waals surface area contributed by atoms with Crippen molar-refractivity contribution < 1.29 is 4.79 Å². The minimum absolute atomic E-state index is 0. The van der Waals surface area contributed by atoms with Gasteiger partial charge >= 0.3 is 0 Å². The summed E-state index contributed by atoms with van der Waals surface area (Å²) in [5, 5.41) is 3.21. The van der Waals surface area contributed by atoms with Crippen LogP contribution in [0, 0.1) is 5.92 Å². The number of benzene rings is 1. The van der Waals surface area contributed by atoms with Crippen LogP contribution >= 0.6 is 12.4 Å². The molecule has 0 radical (unpaired) electrons. The summed E-state index contributed by atoms with van der Waals surface area (Å²) in [4.78, 5) is 14.6. The first-order chi connectivity index (χ1) is 10.8. The van der Waals surface area contributed by atoms with Gasteiger partial charge in [-0.3, -0.25) is 4.79 Å². The van der Waals surface area contributed by atoms with Crippen LogP contribution in [0.5, 0.6) is 0 Å². The summed E-state index contributed by atoms with van der Waals surface area (Å²) in [6, 6.07) is 8.45. The third-order valence-electron chi connectivity index (χ3n) is 5.30. The fourth-order valence-corrected chi connectivity index (χ4v) is 3.99. The summed E-state index contributed by atoms with van der Waals surface area (Å²) < 4.78 is 0. The van der Waals surface area contributed by atoms with Crippen LogP contribution in [0.15, 0.2) is 24.3 Å². The molecule has 3 rings (SSSR count). The molecule has 4 heteroatoms. The maximum Gasteiger partial charge on any atom is 0.253 e. The summed E-state index contributed by atoms with van der Waals surface area (Å²) >= 11 is 0. The summed E-state index contributed by atoms with van der Waals surface area (Å²) in [5.41, 5.74) is 2.27. The molecule has 1 heterocycles. The number of likely N-dealkylation sites (tertiary alicyclic amines) is 1. The standard InChI is InChI=1S/C19H28N2O.ClH/c1-20-13-15-11-12-21(14-15)19(22)18-9-7-17(8-10-18)16-5-3-2-4-6-16;/h7-10,15-16,20H,2-6,11-14H2,1H3;1H. The van der Waals surface area contributed by atoms with E-state index in [2.05, 4.69) is 17.4 Å². The van der Waals surface area contributed by atoms with Crippen LogP contribution in [-0.2, 0) is 0 Å². The van der Waals surface area contributed by atoms with E-state index >= 15 is 0 Å². The Morgan fingerprint density at radius 3 is 2.48 bits per heavy atom. The number of halogens is 1. The van der Waals surface area contributed by atoms with Crippen LogP contribution in [0.3, 0.4) is 0 Å². The Labute approximate surface area is 146 Å². The summed E-state index contributed by atoms with van der Waals surface area (Å²) in [6.45, 7) is 2.80. The molecule has 0 spiro atoms. The molecule has 2 fully saturated rings. The molecule has 1 saturated carbocycles. The smallest absolute Gasteiger partial charge is 0.253 e. The minimum atomic E-state index is 0. The van der Waals surface area contributed by atoms with Crippen molar-refractivity contribution in [3.05, 3.63) is 35.4 Å². The van der Waals surface area contributed by atoms with Gasteiger partial charge in [0.25, 0.3) is 5.91 Å². The predicted octanol–water partition coefficient (Wildman–Crippen LogP) is 3.84. The summed E-state index contributed by atoms with van der Waals surface area (Å²) in [6.07, 6.45) is 7.83. The molecule has 23 heavy (non-hydrogen) atoms. The number of hydrogen-bond donors (Lipinski definition) is 1. The molecular formula is C19H29ClN2O. The highest BCUT2D eigenvalue weighted by Crippen LogP contribution is 2.32. The third-order valence-corrected chi connectivity index (χ3v) is 5.30. The normalized spacial score (nSPS) is 22.0. The Balaban J connectivity index is 0.00000192. The number of nitrogens with zero attached hydrogens (tertiary/aromatic N) is 1. The van der Waals surface area contributed by atoms with Crippen LogP contribution in [0.1, 0.15) is 60.4 Å². The largest absolute Gasteiger partial charge is 0.338 e. The lowest BCUT2D eigenvalue weighted by atomic mass is 9.84. The monoisotopic (exact) mass is 336 g/mol. The first kappa shape index (κ1) is 18.3. The Morgan fingerprint density at radius 2 is 1.83 bits per heavy atom. The molecule has 1 aromatic rings. The van der Waals surface area contributed by atoms with E-state index in [9.17, 15) is 4.79 Å². The zero-order valence-corrected chi connectivity index (χ0v) is 14.9. The zero-order valence-electron chi connectivity index (χ0n) is 14.1. The van der Waals surface area contributed by atoms with Gasteiger partial charge in [-0.05, 0) is 62.4 Å². The molecular weight excluding hydrogens is 308 g/mol.